The normalized spacial score (nSPS) is 12.2. The molecule has 0 saturated heterocycles. The standard InChI is InChI=1S/C25H20N4O3/c1-15(23-27-20-11-7-6-10-19(20)24(30)28-23)32-25(31)17-12-13-22-21(14-17)26-16(2)29(22)18-8-4-3-5-9-18/h3-15H,1-2H3,(H,27,28,30). The van der Waals surface area contributed by atoms with E-state index in [9.17, 15) is 9.59 Å². The van der Waals surface area contributed by atoms with E-state index in [0.717, 1.165) is 17.0 Å². The molecule has 0 fully saturated rings. The number of nitrogens with one attached hydrogen (secondary N) is 1. The van der Waals surface area contributed by atoms with E-state index in [0.29, 0.717) is 27.8 Å². The number of fused-ring (bicyclic) bond motifs is 2. The summed E-state index contributed by atoms with van der Waals surface area (Å²) in [5.74, 6) is 0.609. The SMILES string of the molecule is Cc1nc2cc(C(=O)OC(C)c3nc4ccccc4c(=O)[nH]3)ccc2n1-c1ccccc1. The number of nitrogens with zero attached hydrogens (tertiary/aromatic N) is 3. The molecule has 0 radical (unpaired) electrons. The van der Waals surface area contributed by atoms with Crippen molar-refractivity contribution in [3.8, 4) is 5.69 Å². The lowest BCUT2D eigenvalue weighted by atomic mass is 10.2. The predicted octanol–water partition coefficient (Wildman–Crippen LogP) is 4.49. The highest BCUT2D eigenvalue weighted by atomic mass is 16.5. The summed E-state index contributed by atoms with van der Waals surface area (Å²) in [6.45, 7) is 3.60. The van der Waals surface area contributed by atoms with Gasteiger partial charge >= 0.3 is 5.97 Å². The fraction of sp³-hybridized carbons (Fsp3) is 0.120. The molecule has 0 aliphatic rings. The van der Waals surface area contributed by atoms with Crippen molar-refractivity contribution in [2.75, 3.05) is 0 Å². The Morgan fingerprint density at radius 2 is 1.72 bits per heavy atom. The molecular formula is C25H20N4O3. The maximum Gasteiger partial charge on any atom is 0.338 e. The van der Waals surface area contributed by atoms with Gasteiger partial charge in [-0.05, 0) is 56.3 Å². The maximum absolute atomic E-state index is 12.8. The first-order valence-corrected chi connectivity index (χ1v) is 10.3. The van der Waals surface area contributed by atoms with Crippen LogP contribution in [0.2, 0.25) is 0 Å². The zero-order chi connectivity index (χ0) is 22.2. The third kappa shape index (κ3) is 3.43. The summed E-state index contributed by atoms with van der Waals surface area (Å²) in [6, 6.07) is 22.3. The van der Waals surface area contributed by atoms with Crippen LogP contribution in [0.4, 0.5) is 0 Å². The predicted molar refractivity (Wildman–Crippen MR) is 122 cm³/mol. The number of hydrogen-bond acceptors (Lipinski definition) is 5. The summed E-state index contributed by atoms with van der Waals surface area (Å²) >= 11 is 0. The van der Waals surface area contributed by atoms with Crippen LogP contribution in [0.5, 0.6) is 0 Å². The number of rotatable bonds is 4. The molecule has 1 unspecified atom stereocenters. The van der Waals surface area contributed by atoms with Crippen molar-refractivity contribution in [1.29, 1.82) is 0 Å². The number of aryl methyl sites for hydroxylation is 1. The second-order valence-electron chi connectivity index (χ2n) is 7.55. The lowest BCUT2D eigenvalue weighted by Gasteiger charge is -2.13. The van der Waals surface area contributed by atoms with Gasteiger partial charge in [0.1, 0.15) is 5.82 Å². The number of ether oxygens (including phenoxy) is 1. The second kappa shape index (κ2) is 7.77. The number of imidazole rings is 1. The minimum atomic E-state index is -0.723. The van der Waals surface area contributed by atoms with Crippen LogP contribution in [0.3, 0.4) is 0 Å². The second-order valence-corrected chi connectivity index (χ2v) is 7.55. The van der Waals surface area contributed by atoms with E-state index in [-0.39, 0.29) is 5.56 Å². The molecule has 5 rings (SSSR count). The van der Waals surface area contributed by atoms with Gasteiger partial charge in [-0.2, -0.15) is 0 Å². The Bertz CT molecular complexity index is 1520. The molecule has 0 aliphatic carbocycles. The van der Waals surface area contributed by atoms with E-state index in [1.807, 2.05) is 47.9 Å². The molecular weight excluding hydrogens is 404 g/mol. The van der Waals surface area contributed by atoms with Crippen LogP contribution >= 0.6 is 0 Å². The number of esters is 1. The summed E-state index contributed by atoms with van der Waals surface area (Å²) in [4.78, 5) is 36.9. The van der Waals surface area contributed by atoms with Crippen LogP contribution in [-0.2, 0) is 4.74 Å². The topological polar surface area (TPSA) is 89.9 Å². The molecule has 5 aromatic rings. The van der Waals surface area contributed by atoms with Crippen molar-refractivity contribution >= 4 is 27.9 Å². The summed E-state index contributed by atoms with van der Waals surface area (Å²) < 4.78 is 7.63. The van der Waals surface area contributed by atoms with Crippen LogP contribution in [0.1, 0.15) is 35.0 Å². The molecule has 0 amide bonds. The summed E-state index contributed by atoms with van der Waals surface area (Å²) in [6.07, 6.45) is -0.723. The number of carbonyl (C=O) groups is 1. The molecule has 7 nitrogen and oxygen atoms in total. The molecule has 1 atom stereocenters. The van der Waals surface area contributed by atoms with Gasteiger partial charge in [-0.3, -0.25) is 9.36 Å². The van der Waals surface area contributed by atoms with Gasteiger partial charge in [-0.15, -0.1) is 0 Å². The number of benzene rings is 3. The van der Waals surface area contributed by atoms with Crippen molar-refractivity contribution in [3.05, 3.63) is 100 Å². The first-order valence-electron chi connectivity index (χ1n) is 10.3. The van der Waals surface area contributed by atoms with Gasteiger partial charge in [0, 0.05) is 5.69 Å². The average Bonchev–Trinajstić information content (AvgIpc) is 3.14. The summed E-state index contributed by atoms with van der Waals surface area (Å²) in [7, 11) is 0. The number of H-pyrrole nitrogens is 1. The molecule has 1 N–H and O–H groups in total. The van der Waals surface area contributed by atoms with Crippen LogP contribution in [0, 0.1) is 6.92 Å². The van der Waals surface area contributed by atoms with Crippen molar-refractivity contribution in [3.63, 3.8) is 0 Å². The fourth-order valence-electron chi connectivity index (χ4n) is 3.81. The van der Waals surface area contributed by atoms with Gasteiger partial charge in [-0.25, -0.2) is 14.8 Å². The molecule has 2 heterocycles. The highest BCUT2D eigenvalue weighted by molar-refractivity contribution is 5.94. The van der Waals surface area contributed by atoms with Gasteiger partial charge in [0.05, 0.1) is 27.5 Å². The molecule has 0 bridgehead atoms. The Balaban J connectivity index is 1.43. The Labute approximate surface area is 183 Å². The summed E-state index contributed by atoms with van der Waals surface area (Å²) in [5.41, 5.74) is 3.27. The molecule has 0 spiro atoms. The first-order chi connectivity index (χ1) is 15.5. The van der Waals surface area contributed by atoms with Crippen molar-refractivity contribution in [2.24, 2.45) is 0 Å². The first kappa shape index (κ1) is 19.7. The van der Waals surface area contributed by atoms with E-state index < -0.39 is 12.1 Å². The van der Waals surface area contributed by atoms with Crippen LogP contribution in [0.15, 0.2) is 77.6 Å². The summed E-state index contributed by atoms with van der Waals surface area (Å²) in [5, 5.41) is 0.490. The van der Waals surface area contributed by atoms with Crippen LogP contribution < -0.4 is 5.56 Å². The minimum absolute atomic E-state index is 0.267. The van der Waals surface area contributed by atoms with Gasteiger partial charge < -0.3 is 9.72 Å². The quantitative estimate of drug-likeness (QED) is 0.430. The van der Waals surface area contributed by atoms with Crippen LogP contribution in [0.25, 0.3) is 27.6 Å². The van der Waals surface area contributed by atoms with E-state index in [2.05, 4.69) is 15.0 Å². The Kier molecular flexibility index (Phi) is 4.78. The number of aromatic amines is 1. The van der Waals surface area contributed by atoms with Crippen molar-refractivity contribution in [1.82, 2.24) is 19.5 Å². The van der Waals surface area contributed by atoms with Gasteiger partial charge in [0.2, 0.25) is 0 Å². The molecule has 2 aromatic heterocycles. The monoisotopic (exact) mass is 424 g/mol. The molecule has 0 aliphatic heterocycles. The zero-order valence-corrected chi connectivity index (χ0v) is 17.6. The number of hydrogen-bond donors (Lipinski definition) is 1. The largest absolute Gasteiger partial charge is 0.451 e. The Morgan fingerprint density at radius 3 is 2.53 bits per heavy atom. The van der Waals surface area contributed by atoms with Gasteiger partial charge in [0.15, 0.2) is 11.9 Å². The average molecular weight is 424 g/mol. The lowest BCUT2D eigenvalue weighted by Crippen LogP contribution is -2.17. The van der Waals surface area contributed by atoms with Crippen LogP contribution in [-0.4, -0.2) is 25.5 Å². The smallest absolute Gasteiger partial charge is 0.338 e. The van der Waals surface area contributed by atoms with Crippen molar-refractivity contribution in [2.45, 2.75) is 20.0 Å². The van der Waals surface area contributed by atoms with E-state index in [4.69, 9.17) is 4.74 Å². The number of carbonyl (C=O) groups excluding carboxylic acids is 1. The molecule has 32 heavy (non-hydrogen) atoms. The fourth-order valence-corrected chi connectivity index (χ4v) is 3.81. The van der Waals surface area contributed by atoms with E-state index >= 15 is 0 Å². The van der Waals surface area contributed by atoms with E-state index in [1.54, 1.807) is 43.3 Å². The van der Waals surface area contributed by atoms with Gasteiger partial charge in [-0.1, -0.05) is 30.3 Å². The lowest BCUT2D eigenvalue weighted by molar-refractivity contribution is 0.0320. The highest BCUT2D eigenvalue weighted by Gasteiger charge is 2.18. The number of para-hydroxylation sites is 2. The molecule has 0 saturated carbocycles. The van der Waals surface area contributed by atoms with Gasteiger partial charge in [0.25, 0.3) is 5.56 Å². The maximum atomic E-state index is 12.8. The molecule has 158 valence electrons. The molecule has 7 heteroatoms. The van der Waals surface area contributed by atoms with Crippen molar-refractivity contribution < 1.29 is 9.53 Å². The minimum Gasteiger partial charge on any atom is -0.451 e. The Hall–Kier alpha value is -4.26. The molecule has 3 aromatic carbocycles. The third-order valence-electron chi connectivity index (χ3n) is 5.37. The Morgan fingerprint density at radius 1 is 0.969 bits per heavy atom. The third-order valence-corrected chi connectivity index (χ3v) is 5.37. The number of aromatic nitrogens is 4. The van der Waals surface area contributed by atoms with E-state index in [1.165, 1.54) is 0 Å². The zero-order valence-electron chi connectivity index (χ0n) is 17.6. The highest BCUT2D eigenvalue weighted by Crippen LogP contribution is 2.24.